The summed E-state index contributed by atoms with van der Waals surface area (Å²) in [5, 5.41) is 5.56. The largest absolute Gasteiger partial charge is 0.325 e. The highest BCUT2D eigenvalue weighted by Crippen LogP contribution is 2.20. The predicted octanol–water partition coefficient (Wildman–Crippen LogP) is 2.65. The van der Waals surface area contributed by atoms with Crippen LogP contribution in [0, 0.1) is 5.41 Å². The van der Waals surface area contributed by atoms with Gasteiger partial charge in [0.05, 0.1) is 6.04 Å². The van der Waals surface area contributed by atoms with Crippen molar-refractivity contribution >= 4 is 23.2 Å². The number of nitrogens with two attached hydrogens (primary N) is 1. The Morgan fingerprint density at radius 3 is 2.21 bits per heavy atom. The lowest BCUT2D eigenvalue weighted by molar-refractivity contribution is -0.119. The molecular weight excluding hydrogens is 304 g/mol. The third-order valence-electron chi connectivity index (χ3n) is 3.55. The molecule has 1 aromatic heterocycles. The highest BCUT2D eigenvalue weighted by Gasteiger charge is 2.27. The number of hydrogen-bond donors (Lipinski definition) is 3. The Balaban J connectivity index is 2.07. The van der Waals surface area contributed by atoms with Gasteiger partial charge in [0.2, 0.25) is 5.91 Å². The predicted molar refractivity (Wildman–Crippen MR) is 94.7 cm³/mol. The molecule has 2 aromatic rings. The summed E-state index contributed by atoms with van der Waals surface area (Å²) in [6.07, 6.45) is 3.11. The van der Waals surface area contributed by atoms with Crippen LogP contribution in [0.1, 0.15) is 31.1 Å². The minimum Gasteiger partial charge on any atom is -0.325 e. The zero-order valence-corrected chi connectivity index (χ0v) is 14.0. The van der Waals surface area contributed by atoms with Gasteiger partial charge >= 0.3 is 0 Å². The highest BCUT2D eigenvalue weighted by atomic mass is 16.2. The van der Waals surface area contributed by atoms with Crippen LogP contribution in [0.4, 0.5) is 11.4 Å². The van der Waals surface area contributed by atoms with E-state index in [4.69, 9.17) is 5.73 Å². The van der Waals surface area contributed by atoms with Crippen molar-refractivity contribution in [2.75, 3.05) is 10.6 Å². The van der Waals surface area contributed by atoms with E-state index < -0.39 is 6.04 Å². The first kappa shape index (κ1) is 17.6. The van der Waals surface area contributed by atoms with E-state index in [1.54, 1.807) is 48.8 Å². The minimum absolute atomic E-state index is 0.243. The second-order valence-electron chi connectivity index (χ2n) is 6.60. The zero-order chi connectivity index (χ0) is 17.7. The number of carbonyl (C=O) groups is 2. The summed E-state index contributed by atoms with van der Waals surface area (Å²) in [4.78, 5) is 28.2. The summed E-state index contributed by atoms with van der Waals surface area (Å²) in [5.41, 5.74) is 7.28. The second kappa shape index (κ2) is 7.23. The van der Waals surface area contributed by atoms with E-state index in [0.717, 1.165) is 0 Å². The zero-order valence-electron chi connectivity index (χ0n) is 14.0. The average molecular weight is 326 g/mol. The van der Waals surface area contributed by atoms with Crippen LogP contribution in [0.25, 0.3) is 0 Å². The van der Waals surface area contributed by atoms with E-state index in [9.17, 15) is 9.59 Å². The molecular formula is C18H22N4O2. The maximum absolute atomic E-state index is 12.2. The van der Waals surface area contributed by atoms with E-state index >= 15 is 0 Å². The Bertz CT molecular complexity index is 723. The molecule has 1 aromatic carbocycles. The summed E-state index contributed by atoms with van der Waals surface area (Å²) in [5.74, 6) is -0.507. The molecule has 0 bridgehead atoms. The molecule has 0 saturated heterocycles. The molecule has 4 N–H and O–H groups in total. The van der Waals surface area contributed by atoms with E-state index in [1.165, 1.54) is 0 Å². The fraction of sp³-hybridized carbons (Fsp3) is 0.278. The number of pyridine rings is 1. The fourth-order valence-corrected chi connectivity index (χ4v) is 1.99. The van der Waals surface area contributed by atoms with Gasteiger partial charge in [-0.15, -0.1) is 0 Å². The van der Waals surface area contributed by atoms with Crippen LogP contribution >= 0.6 is 0 Å². The Morgan fingerprint density at radius 1 is 1.04 bits per heavy atom. The molecule has 1 atom stereocenters. The van der Waals surface area contributed by atoms with E-state index in [1.807, 2.05) is 20.8 Å². The van der Waals surface area contributed by atoms with Gasteiger partial charge in [0.1, 0.15) is 0 Å². The van der Waals surface area contributed by atoms with Crippen LogP contribution in [0.3, 0.4) is 0 Å². The number of nitrogens with zero attached hydrogens (tertiary/aromatic N) is 1. The summed E-state index contributed by atoms with van der Waals surface area (Å²) >= 11 is 0. The molecule has 0 spiro atoms. The normalized spacial score (nSPS) is 12.3. The maximum Gasteiger partial charge on any atom is 0.255 e. The van der Waals surface area contributed by atoms with Gasteiger partial charge in [0, 0.05) is 29.3 Å². The number of benzene rings is 1. The summed E-state index contributed by atoms with van der Waals surface area (Å²) < 4.78 is 0. The molecule has 1 heterocycles. The number of amides is 2. The van der Waals surface area contributed by atoms with E-state index in [-0.39, 0.29) is 17.2 Å². The molecule has 0 saturated carbocycles. The molecule has 0 aliphatic carbocycles. The molecule has 0 aliphatic heterocycles. The standard InChI is InChI=1S/C18H22N4O2/c1-18(2,3)15(19)17(24)22-14-6-4-5-13(11-14)21-16(23)12-7-9-20-10-8-12/h4-11,15H,19H2,1-3H3,(H,21,23)(H,22,24)/t15-/m1/s1. The van der Waals surface area contributed by atoms with Gasteiger partial charge in [-0.05, 0) is 35.7 Å². The van der Waals surface area contributed by atoms with Crippen molar-refractivity contribution in [1.82, 2.24) is 4.98 Å². The Labute approximate surface area is 141 Å². The lowest BCUT2D eigenvalue weighted by atomic mass is 9.87. The number of hydrogen-bond acceptors (Lipinski definition) is 4. The molecule has 2 amide bonds. The van der Waals surface area contributed by atoms with Crippen LogP contribution < -0.4 is 16.4 Å². The van der Waals surface area contributed by atoms with Gasteiger partial charge in [-0.1, -0.05) is 26.8 Å². The smallest absolute Gasteiger partial charge is 0.255 e. The molecule has 0 aliphatic rings. The third-order valence-corrected chi connectivity index (χ3v) is 3.55. The Morgan fingerprint density at radius 2 is 1.62 bits per heavy atom. The van der Waals surface area contributed by atoms with Crippen molar-refractivity contribution in [3.63, 3.8) is 0 Å². The summed E-state index contributed by atoms with van der Waals surface area (Å²) in [6.45, 7) is 5.72. The molecule has 2 rings (SSSR count). The summed E-state index contributed by atoms with van der Waals surface area (Å²) in [6, 6.07) is 9.56. The molecule has 0 radical (unpaired) electrons. The molecule has 6 nitrogen and oxygen atoms in total. The molecule has 6 heteroatoms. The summed E-state index contributed by atoms with van der Waals surface area (Å²) in [7, 11) is 0. The molecule has 0 unspecified atom stereocenters. The average Bonchev–Trinajstić information content (AvgIpc) is 2.54. The number of anilines is 2. The monoisotopic (exact) mass is 326 g/mol. The maximum atomic E-state index is 12.2. The molecule has 126 valence electrons. The number of nitrogens with one attached hydrogen (secondary N) is 2. The van der Waals surface area contributed by atoms with Gasteiger partial charge < -0.3 is 16.4 Å². The lowest BCUT2D eigenvalue weighted by Gasteiger charge is -2.25. The van der Waals surface area contributed by atoms with Gasteiger partial charge in [0.15, 0.2) is 0 Å². The number of rotatable bonds is 4. The number of carbonyl (C=O) groups excluding carboxylic acids is 2. The first-order valence-electron chi connectivity index (χ1n) is 7.65. The van der Waals surface area contributed by atoms with E-state index in [0.29, 0.717) is 16.9 Å². The van der Waals surface area contributed by atoms with Crippen molar-refractivity contribution in [3.05, 3.63) is 54.4 Å². The third kappa shape index (κ3) is 4.63. The van der Waals surface area contributed by atoms with Crippen LogP contribution in [-0.2, 0) is 4.79 Å². The van der Waals surface area contributed by atoms with Gasteiger partial charge in [-0.3, -0.25) is 14.6 Å². The van der Waals surface area contributed by atoms with Gasteiger partial charge in [0.25, 0.3) is 5.91 Å². The molecule has 0 fully saturated rings. The second-order valence-corrected chi connectivity index (χ2v) is 6.60. The van der Waals surface area contributed by atoms with Crippen molar-refractivity contribution in [2.24, 2.45) is 11.1 Å². The minimum atomic E-state index is -0.632. The van der Waals surface area contributed by atoms with Crippen molar-refractivity contribution in [1.29, 1.82) is 0 Å². The van der Waals surface area contributed by atoms with Crippen LogP contribution in [0.5, 0.6) is 0 Å². The van der Waals surface area contributed by atoms with Crippen LogP contribution in [0.2, 0.25) is 0 Å². The fourth-order valence-electron chi connectivity index (χ4n) is 1.99. The highest BCUT2D eigenvalue weighted by molar-refractivity contribution is 6.04. The molecule has 24 heavy (non-hydrogen) atoms. The first-order chi connectivity index (χ1) is 11.3. The Hall–Kier alpha value is -2.73. The lowest BCUT2D eigenvalue weighted by Crippen LogP contribution is -2.45. The van der Waals surface area contributed by atoms with E-state index in [2.05, 4.69) is 15.6 Å². The van der Waals surface area contributed by atoms with Crippen LogP contribution in [0.15, 0.2) is 48.8 Å². The topological polar surface area (TPSA) is 97.1 Å². The van der Waals surface area contributed by atoms with Crippen molar-refractivity contribution < 1.29 is 9.59 Å². The van der Waals surface area contributed by atoms with Crippen molar-refractivity contribution in [2.45, 2.75) is 26.8 Å². The van der Waals surface area contributed by atoms with Gasteiger partial charge in [-0.2, -0.15) is 0 Å². The van der Waals surface area contributed by atoms with Crippen molar-refractivity contribution in [3.8, 4) is 0 Å². The van der Waals surface area contributed by atoms with Gasteiger partial charge in [-0.25, -0.2) is 0 Å². The SMILES string of the molecule is CC(C)(C)[C@H](N)C(=O)Nc1cccc(NC(=O)c2ccncc2)c1. The Kier molecular flexibility index (Phi) is 5.31. The van der Waals surface area contributed by atoms with Crippen LogP contribution in [-0.4, -0.2) is 22.8 Å². The quantitative estimate of drug-likeness (QED) is 0.804. The number of aromatic nitrogens is 1. The first-order valence-corrected chi connectivity index (χ1v) is 7.65.